The van der Waals surface area contributed by atoms with Gasteiger partial charge in [0, 0.05) is 6.92 Å². The fraction of sp³-hybridized carbons (Fsp3) is 0.800. The van der Waals surface area contributed by atoms with E-state index in [0.29, 0.717) is 0 Å². The Morgan fingerprint density at radius 3 is 2.00 bits per heavy atom. The van der Waals surface area contributed by atoms with Crippen LogP contribution in [0.15, 0.2) is 0 Å². The van der Waals surface area contributed by atoms with Gasteiger partial charge in [-0.1, -0.05) is 20.3 Å². The lowest BCUT2D eigenvalue weighted by molar-refractivity contribution is -0.160. The zero-order valence-electron chi connectivity index (χ0n) is 14.1. The van der Waals surface area contributed by atoms with Crippen LogP contribution in [0.5, 0.6) is 0 Å². The van der Waals surface area contributed by atoms with E-state index < -0.39 is 29.6 Å². The van der Waals surface area contributed by atoms with E-state index in [2.05, 4.69) is 10.6 Å². The van der Waals surface area contributed by atoms with Gasteiger partial charge < -0.3 is 15.4 Å². The average Bonchev–Trinajstić information content (AvgIpc) is 2.31. The summed E-state index contributed by atoms with van der Waals surface area (Å²) in [5, 5.41) is 5.16. The Labute approximate surface area is 127 Å². The van der Waals surface area contributed by atoms with E-state index in [9.17, 15) is 14.4 Å². The van der Waals surface area contributed by atoms with Crippen molar-refractivity contribution in [2.45, 2.75) is 72.6 Å². The quantitative estimate of drug-likeness (QED) is 0.726. The van der Waals surface area contributed by atoms with Crippen molar-refractivity contribution in [1.29, 1.82) is 0 Å². The first-order valence-corrected chi connectivity index (χ1v) is 7.28. The minimum absolute atomic E-state index is 0.0617. The molecule has 21 heavy (non-hydrogen) atoms. The molecule has 0 saturated heterocycles. The Kier molecular flexibility index (Phi) is 7.39. The van der Waals surface area contributed by atoms with Gasteiger partial charge in [0.25, 0.3) is 0 Å². The van der Waals surface area contributed by atoms with Crippen molar-refractivity contribution in [2.75, 3.05) is 0 Å². The summed E-state index contributed by atoms with van der Waals surface area (Å²) in [5.41, 5.74) is -0.614. The lowest BCUT2D eigenvalue weighted by Gasteiger charge is -2.28. The molecule has 6 nitrogen and oxygen atoms in total. The third kappa shape index (κ3) is 7.68. The van der Waals surface area contributed by atoms with Crippen LogP contribution in [-0.4, -0.2) is 35.5 Å². The van der Waals surface area contributed by atoms with Crippen LogP contribution in [0.2, 0.25) is 0 Å². The van der Waals surface area contributed by atoms with E-state index in [1.807, 2.05) is 13.8 Å². The Hall–Kier alpha value is -1.59. The van der Waals surface area contributed by atoms with Crippen LogP contribution in [0.1, 0.15) is 54.9 Å². The number of amides is 2. The molecule has 0 heterocycles. The van der Waals surface area contributed by atoms with Gasteiger partial charge in [-0.25, -0.2) is 4.79 Å². The van der Waals surface area contributed by atoms with Gasteiger partial charge in [0.2, 0.25) is 11.8 Å². The summed E-state index contributed by atoms with van der Waals surface area (Å²) in [6.07, 6.45) is 0.721. The SMILES string of the molecule is CC[C@H](C)[C@H](NC(=O)C(C)NC(C)=O)C(=O)OC(C)(C)C. The van der Waals surface area contributed by atoms with Gasteiger partial charge in [0.05, 0.1) is 0 Å². The van der Waals surface area contributed by atoms with Crippen LogP contribution < -0.4 is 10.6 Å². The number of carbonyl (C=O) groups is 3. The lowest BCUT2D eigenvalue weighted by atomic mass is 9.98. The van der Waals surface area contributed by atoms with Crippen molar-refractivity contribution in [3.63, 3.8) is 0 Å². The number of hydrogen-bond acceptors (Lipinski definition) is 4. The number of nitrogens with one attached hydrogen (secondary N) is 2. The fourth-order valence-electron chi connectivity index (χ4n) is 1.68. The molecule has 0 spiro atoms. The molecule has 0 rings (SSSR count). The average molecular weight is 300 g/mol. The van der Waals surface area contributed by atoms with Crippen molar-refractivity contribution in [2.24, 2.45) is 5.92 Å². The smallest absolute Gasteiger partial charge is 0.329 e. The molecule has 0 saturated carbocycles. The van der Waals surface area contributed by atoms with Gasteiger partial charge in [-0.3, -0.25) is 9.59 Å². The summed E-state index contributed by atoms with van der Waals surface area (Å²) in [6.45, 7) is 12.0. The molecule has 0 aliphatic heterocycles. The fourth-order valence-corrected chi connectivity index (χ4v) is 1.68. The first kappa shape index (κ1) is 19.4. The second-order valence-corrected chi connectivity index (χ2v) is 6.33. The summed E-state index contributed by atoms with van der Waals surface area (Å²) >= 11 is 0. The molecule has 6 heteroatoms. The Morgan fingerprint density at radius 1 is 1.10 bits per heavy atom. The minimum Gasteiger partial charge on any atom is -0.458 e. The monoisotopic (exact) mass is 300 g/mol. The van der Waals surface area contributed by atoms with E-state index in [0.717, 1.165) is 6.42 Å². The van der Waals surface area contributed by atoms with Gasteiger partial charge in [-0.15, -0.1) is 0 Å². The predicted octanol–water partition coefficient (Wildman–Crippen LogP) is 1.38. The number of esters is 1. The summed E-state index contributed by atoms with van der Waals surface area (Å²) < 4.78 is 5.34. The molecule has 0 aromatic heterocycles. The molecule has 0 aromatic carbocycles. The molecule has 3 atom stereocenters. The first-order chi connectivity index (χ1) is 9.47. The molecule has 2 amide bonds. The molecule has 0 aliphatic carbocycles. The molecule has 122 valence electrons. The van der Waals surface area contributed by atoms with Crippen LogP contribution in [0.4, 0.5) is 0 Å². The number of rotatable bonds is 6. The van der Waals surface area contributed by atoms with Crippen LogP contribution in [0.25, 0.3) is 0 Å². The highest BCUT2D eigenvalue weighted by molar-refractivity contribution is 5.90. The highest BCUT2D eigenvalue weighted by Gasteiger charge is 2.31. The van der Waals surface area contributed by atoms with E-state index in [1.54, 1.807) is 27.7 Å². The van der Waals surface area contributed by atoms with Gasteiger partial charge in [-0.2, -0.15) is 0 Å². The van der Waals surface area contributed by atoms with Gasteiger partial charge in [0.15, 0.2) is 0 Å². The zero-order valence-corrected chi connectivity index (χ0v) is 14.1. The second kappa shape index (κ2) is 8.00. The van der Waals surface area contributed by atoms with E-state index >= 15 is 0 Å². The van der Waals surface area contributed by atoms with Gasteiger partial charge >= 0.3 is 5.97 Å². The van der Waals surface area contributed by atoms with Gasteiger partial charge in [0.1, 0.15) is 17.7 Å². The molecule has 0 bridgehead atoms. The maximum absolute atomic E-state index is 12.2. The maximum atomic E-state index is 12.2. The number of carbonyl (C=O) groups excluding carboxylic acids is 3. The number of hydrogen-bond donors (Lipinski definition) is 2. The third-order valence-electron chi connectivity index (χ3n) is 2.98. The lowest BCUT2D eigenvalue weighted by Crippen LogP contribution is -2.53. The first-order valence-electron chi connectivity index (χ1n) is 7.28. The van der Waals surface area contributed by atoms with Gasteiger partial charge in [-0.05, 0) is 33.6 Å². The molecule has 0 radical (unpaired) electrons. The van der Waals surface area contributed by atoms with E-state index in [1.165, 1.54) is 6.92 Å². The molecule has 0 aromatic rings. The van der Waals surface area contributed by atoms with Crippen LogP contribution in [0, 0.1) is 5.92 Å². The Morgan fingerprint density at radius 2 is 1.62 bits per heavy atom. The maximum Gasteiger partial charge on any atom is 0.329 e. The van der Waals surface area contributed by atoms with Crippen molar-refractivity contribution in [1.82, 2.24) is 10.6 Å². The van der Waals surface area contributed by atoms with Crippen molar-refractivity contribution in [3.8, 4) is 0 Å². The molecule has 0 aliphatic rings. The zero-order chi connectivity index (χ0) is 16.8. The number of ether oxygens (including phenoxy) is 1. The van der Waals surface area contributed by atoms with Crippen LogP contribution in [-0.2, 0) is 19.1 Å². The van der Waals surface area contributed by atoms with Crippen LogP contribution in [0.3, 0.4) is 0 Å². The summed E-state index contributed by atoms with van der Waals surface area (Å²) in [7, 11) is 0. The largest absolute Gasteiger partial charge is 0.458 e. The molecular weight excluding hydrogens is 272 g/mol. The molecule has 2 N–H and O–H groups in total. The highest BCUT2D eigenvalue weighted by Crippen LogP contribution is 2.14. The highest BCUT2D eigenvalue weighted by atomic mass is 16.6. The normalized spacial score (nSPS) is 15.6. The standard InChI is InChI=1S/C15H28N2O4/c1-8-9(2)12(14(20)21-15(5,6)7)17-13(19)10(3)16-11(4)18/h9-10,12H,8H2,1-7H3,(H,16,18)(H,17,19)/t9-,10?,12-/m0/s1. The predicted molar refractivity (Wildman–Crippen MR) is 80.5 cm³/mol. The van der Waals surface area contributed by atoms with Crippen molar-refractivity contribution in [3.05, 3.63) is 0 Å². The minimum atomic E-state index is -0.724. The van der Waals surface area contributed by atoms with Crippen molar-refractivity contribution >= 4 is 17.8 Å². The van der Waals surface area contributed by atoms with Crippen molar-refractivity contribution < 1.29 is 19.1 Å². The van der Waals surface area contributed by atoms with E-state index in [4.69, 9.17) is 4.74 Å². The third-order valence-corrected chi connectivity index (χ3v) is 2.98. The topological polar surface area (TPSA) is 84.5 Å². The second-order valence-electron chi connectivity index (χ2n) is 6.33. The molecule has 1 unspecified atom stereocenters. The Balaban J connectivity index is 4.89. The van der Waals surface area contributed by atoms with Crippen LogP contribution >= 0.6 is 0 Å². The summed E-state index contributed by atoms with van der Waals surface area (Å²) in [5.74, 6) is -1.22. The summed E-state index contributed by atoms with van der Waals surface area (Å²) in [4.78, 5) is 35.2. The summed E-state index contributed by atoms with van der Waals surface area (Å²) in [6, 6.07) is -1.42. The Bertz CT molecular complexity index is 388. The molecular formula is C15H28N2O4. The van der Waals surface area contributed by atoms with E-state index in [-0.39, 0.29) is 11.8 Å². The molecule has 0 fully saturated rings.